The van der Waals surface area contributed by atoms with Crippen molar-refractivity contribution >= 4 is 5.91 Å². The van der Waals surface area contributed by atoms with E-state index < -0.39 is 0 Å². The second-order valence-corrected chi connectivity index (χ2v) is 8.52. The minimum Gasteiger partial charge on any atom is -0.491 e. The summed E-state index contributed by atoms with van der Waals surface area (Å²) >= 11 is 0. The fourth-order valence-electron chi connectivity index (χ4n) is 4.32. The minimum absolute atomic E-state index is 0.0244. The van der Waals surface area contributed by atoms with E-state index in [1.165, 1.54) is 12.1 Å². The van der Waals surface area contributed by atoms with Gasteiger partial charge in [0.15, 0.2) is 0 Å². The number of likely N-dealkylation sites (tertiary alicyclic amines) is 1. The molecule has 3 aromatic rings. The van der Waals surface area contributed by atoms with Gasteiger partial charge in [0.25, 0.3) is 5.91 Å². The van der Waals surface area contributed by atoms with Crippen LogP contribution in [0.25, 0.3) is 11.4 Å². The summed E-state index contributed by atoms with van der Waals surface area (Å²) in [7, 11) is 0. The van der Waals surface area contributed by atoms with Crippen LogP contribution in [-0.4, -0.2) is 53.4 Å². The van der Waals surface area contributed by atoms with Gasteiger partial charge in [-0.2, -0.15) is 4.98 Å². The van der Waals surface area contributed by atoms with Gasteiger partial charge in [-0.1, -0.05) is 5.16 Å². The van der Waals surface area contributed by atoms with Crippen molar-refractivity contribution in [3.05, 3.63) is 65.8 Å². The van der Waals surface area contributed by atoms with E-state index >= 15 is 0 Å². The molecule has 2 aliphatic rings. The quantitative estimate of drug-likeness (QED) is 0.551. The molecule has 1 amide bonds. The number of carbonyl (C=O) groups is 1. The average molecular weight is 451 g/mol. The first-order chi connectivity index (χ1) is 16.2. The zero-order valence-corrected chi connectivity index (χ0v) is 18.3. The number of nitrogens with zero attached hydrogens (tertiary/aromatic N) is 3. The Balaban J connectivity index is 1.20. The number of ether oxygens (including phenoxy) is 2. The molecule has 3 heterocycles. The highest BCUT2D eigenvalue weighted by molar-refractivity contribution is 5.94. The number of rotatable bonds is 6. The third kappa shape index (κ3) is 5.06. The van der Waals surface area contributed by atoms with Crippen LogP contribution in [0.1, 0.15) is 47.8 Å². The molecule has 0 radical (unpaired) electrons. The van der Waals surface area contributed by atoms with Gasteiger partial charge < -0.3 is 18.9 Å². The zero-order valence-electron chi connectivity index (χ0n) is 18.3. The first-order valence-corrected chi connectivity index (χ1v) is 11.4. The van der Waals surface area contributed by atoms with Crippen LogP contribution in [0.3, 0.4) is 0 Å². The maximum atomic E-state index is 13.2. The molecule has 33 heavy (non-hydrogen) atoms. The monoisotopic (exact) mass is 451 g/mol. The van der Waals surface area contributed by atoms with Crippen LogP contribution in [0.4, 0.5) is 4.39 Å². The lowest BCUT2D eigenvalue weighted by atomic mass is 9.97. The van der Waals surface area contributed by atoms with E-state index in [-0.39, 0.29) is 23.7 Å². The molecule has 0 N–H and O–H groups in total. The second kappa shape index (κ2) is 9.70. The SMILES string of the molecule is O=C(c1ccc(OC[C@H]2CCCO2)cc1)N1CCC[C@H](c2nc(-c3ccc(F)cc3)no2)C1. The molecule has 1 aromatic heterocycles. The van der Waals surface area contributed by atoms with Gasteiger partial charge in [-0.15, -0.1) is 0 Å². The van der Waals surface area contributed by atoms with E-state index in [9.17, 15) is 9.18 Å². The first-order valence-electron chi connectivity index (χ1n) is 11.4. The average Bonchev–Trinajstić information content (AvgIpc) is 3.56. The van der Waals surface area contributed by atoms with Gasteiger partial charge in [0.05, 0.1) is 12.0 Å². The zero-order chi connectivity index (χ0) is 22.6. The highest BCUT2D eigenvalue weighted by atomic mass is 19.1. The number of carbonyl (C=O) groups excluding carboxylic acids is 1. The van der Waals surface area contributed by atoms with E-state index in [0.717, 1.165) is 38.0 Å². The molecule has 7 nitrogen and oxygen atoms in total. The minimum atomic E-state index is -0.314. The molecule has 2 fully saturated rings. The Kier molecular flexibility index (Phi) is 6.35. The summed E-state index contributed by atoms with van der Waals surface area (Å²) in [6.45, 7) is 2.54. The molecule has 2 aliphatic heterocycles. The maximum absolute atomic E-state index is 13.2. The molecule has 2 atom stereocenters. The number of hydrogen-bond donors (Lipinski definition) is 0. The Morgan fingerprint density at radius 1 is 1.09 bits per heavy atom. The van der Waals surface area contributed by atoms with Crippen molar-refractivity contribution in [1.82, 2.24) is 15.0 Å². The summed E-state index contributed by atoms with van der Waals surface area (Å²) in [5.74, 6) is 1.29. The van der Waals surface area contributed by atoms with E-state index in [1.54, 1.807) is 24.3 Å². The lowest BCUT2D eigenvalue weighted by Gasteiger charge is -2.31. The molecule has 0 spiro atoms. The van der Waals surface area contributed by atoms with Crippen LogP contribution in [0.2, 0.25) is 0 Å². The van der Waals surface area contributed by atoms with E-state index in [4.69, 9.17) is 14.0 Å². The molecule has 2 saturated heterocycles. The number of halogens is 1. The normalized spacial score (nSPS) is 20.7. The molecular weight excluding hydrogens is 425 g/mol. The van der Waals surface area contributed by atoms with E-state index in [2.05, 4.69) is 10.1 Å². The Morgan fingerprint density at radius 2 is 1.91 bits per heavy atom. The van der Waals surface area contributed by atoms with Gasteiger partial charge in [0.2, 0.25) is 11.7 Å². The molecule has 2 aromatic carbocycles. The molecule has 0 saturated carbocycles. The van der Waals surface area contributed by atoms with Gasteiger partial charge >= 0.3 is 0 Å². The number of piperidine rings is 1. The van der Waals surface area contributed by atoms with Crippen LogP contribution in [0, 0.1) is 5.82 Å². The summed E-state index contributed by atoms with van der Waals surface area (Å²) in [5.41, 5.74) is 1.31. The number of amides is 1. The fourth-order valence-corrected chi connectivity index (χ4v) is 4.32. The molecule has 172 valence electrons. The van der Waals surface area contributed by atoms with Crippen molar-refractivity contribution in [1.29, 1.82) is 0 Å². The Labute approximate surface area is 191 Å². The predicted molar refractivity (Wildman–Crippen MR) is 118 cm³/mol. The van der Waals surface area contributed by atoms with E-state index in [0.29, 0.717) is 42.5 Å². The van der Waals surface area contributed by atoms with Crippen molar-refractivity contribution in [3.63, 3.8) is 0 Å². The molecule has 0 bridgehead atoms. The number of hydrogen-bond acceptors (Lipinski definition) is 6. The summed E-state index contributed by atoms with van der Waals surface area (Å²) in [4.78, 5) is 19.4. The number of benzene rings is 2. The smallest absolute Gasteiger partial charge is 0.253 e. The second-order valence-electron chi connectivity index (χ2n) is 8.52. The largest absolute Gasteiger partial charge is 0.491 e. The third-order valence-electron chi connectivity index (χ3n) is 6.16. The highest BCUT2D eigenvalue weighted by Gasteiger charge is 2.29. The van der Waals surface area contributed by atoms with Crippen molar-refractivity contribution in [3.8, 4) is 17.1 Å². The van der Waals surface area contributed by atoms with Crippen molar-refractivity contribution in [2.24, 2.45) is 0 Å². The van der Waals surface area contributed by atoms with Crippen molar-refractivity contribution in [2.45, 2.75) is 37.7 Å². The summed E-state index contributed by atoms with van der Waals surface area (Å²) in [6.07, 6.45) is 3.98. The van der Waals surface area contributed by atoms with Gasteiger partial charge in [-0.05, 0) is 74.2 Å². The maximum Gasteiger partial charge on any atom is 0.253 e. The Hall–Kier alpha value is -3.26. The van der Waals surface area contributed by atoms with Crippen molar-refractivity contribution < 1.29 is 23.2 Å². The van der Waals surface area contributed by atoms with Crippen LogP contribution in [0.15, 0.2) is 53.1 Å². The summed E-state index contributed by atoms with van der Waals surface area (Å²) < 4.78 is 30.0. The standard InChI is InChI=1S/C25H26FN3O4/c26-20-9-5-17(6-10-20)23-27-24(33-28-23)19-3-1-13-29(15-19)25(30)18-7-11-21(12-8-18)32-16-22-4-2-14-31-22/h5-12,19,22H,1-4,13-16H2/t19-,22+/m0/s1. The van der Waals surface area contributed by atoms with E-state index in [1.807, 2.05) is 17.0 Å². The van der Waals surface area contributed by atoms with Crippen LogP contribution in [0.5, 0.6) is 5.75 Å². The van der Waals surface area contributed by atoms with Crippen LogP contribution < -0.4 is 4.74 Å². The summed E-state index contributed by atoms with van der Waals surface area (Å²) in [6, 6.07) is 13.2. The van der Waals surface area contributed by atoms with Crippen LogP contribution >= 0.6 is 0 Å². The van der Waals surface area contributed by atoms with Gasteiger partial charge in [-0.25, -0.2) is 4.39 Å². The Morgan fingerprint density at radius 3 is 2.67 bits per heavy atom. The molecule has 8 heteroatoms. The highest BCUT2D eigenvalue weighted by Crippen LogP contribution is 2.29. The van der Waals surface area contributed by atoms with Gasteiger partial charge in [-0.3, -0.25) is 4.79 Å². The lowest BCUT2D eigenvalue weighted by molar-refractivity contribution is 0.0675. The molecule has 0 unspecified atom stereocenters. The fraction of sp³-hybridized carbons (Fsp3) is 0.400. The van der Waals surface area contributed by atoms with Crippen molar-refractivity contribution in [2.75, 3.05) is 26.3 Å². The van der Waals surface area contributed by atoms with Crippen LogP contribution in [-0.2, 0) is 4.74 Å². The lowest BCUT2D eigenvalue weighted by Crippen LogP contribution is -2.39. The first kappa shape index (κ1) is 21.6. The predicted octanol–water partition coefficient (Wildman–Crippen LogP) is 4.45. The van der Waals surface area contributed by atoms with Gasteiger partial charge in [0, 0.05) is 30.8 Å². The Bertz CT molecular complexity index is 1080. The molecular formula is C25H26FN3O4. The molecule has 0 aliphatic carbocycles. The number of aromatic nitrogens is 2. The third-order valence-corrected chi connectivity index (χ3v) is 6.16. The summed E-state index contributed by atoms with van der Waals surface area (Å²) in [5, 5.41) is 4.04. The topological polar surface area (TPSA) is 77.7 Å². The molecule has 5 rings (SSSR count). The van der Waals surface area contributed by atoms with Gasteiger partial charge in [0.1, 0.15) is 18.2 Å².